The van der Waals surface area contributed by atoms with E-state index in [0.29, 0.717) is 19.8 Å². The summed E-state index contributed by atoms with van der Waals surface area (Å²) in [6, 6.07) is 8.24. The van der Waals surface area contributed by atoms with Crippen LogP contribution in [-0.4, -0.2) is 39.2 Å². The summed E-state index contributed by atoms with van der Waals surface area (Å²) in [5, 5.41) is -0.422. The zero-order valence-corrected chi connectivity index (χ0v) is 14.5. The number of nitrogens with two attached hydrogens (primary N) is 1. The quantitative estimate of drug-likeness (QED) is 0.795. The van der Waals surface area contributed by atoms with Crippen molar-refractivity contribution in [2.45, 2.75) is 38.4 Å². The Morgan fingerprint density at radius 1 is 1.18 bits per heavy atom. The summed E-state index contributed by atoms with van der Waals surface area (Å²) < 4.78 is 30.6. The van der Waals surface area contributed by atoms with Gasteiger partial charge < -0.3 is 10.5 Å². The highest BCUT2D eigenvalue weighted by Crippen LogP contribution is 2.62. The fraction of sp³-hybridized carbons (Fsp3) is 0.647. The Kier molecular flexibility index (Phi) is 5.30. The normalized spacial score (nSPS) is 27.8. The predicted octanol–water partition coefficient (Wildman–Crippen LogP) is 2.13. The number of hydrogen-bond acceptors (Lipinski definition) is 4. The first-order valence-corrected chi connectivity index (χ1v) is 9.76. The average Bonchev–Trinajstić information content (AvgIpc) is 3.23. The molecule has 0 unspecified atom stereocenters. The van der Waals surface area contributed by atoms with E-state index >= 15 is 0 Å². The number of sulfone groups is 1. The first-order valence-electron chi connectivity index (χ1n) is 8.05. The maximum Gasteiger partial charge on any atom is 0.154 e. The Morgan fingerprint density at radius 2 is 1.82 bits per heavy atom. The van der Waals surface area contributed by atoms with E-state index in [1.807, 2.05) is 19.1 Å². The SMILES string of the molecule is CCOC[C@@]1(CN)[C@H](c2ccc(CC)cc2)[C@@H]1S(=O)(=O)CC. The van der Waals surface area contributed by atoms with Crippen molar-refractivity contribution in [2.75, 3.05) is 25.5 Å². The third-order valence-corrected chi connectivity index (χ3v) is 7.19. The third kappa shape index (κ3) is 2.94. The summed E-state index contributed by atoms with van der Waals surface area (Å²) in [4.78, 5) is 0. The molecule has 2 rings (SSSR count). The van der Waals surface area contributed by atoms with E-state index in [-0.39, 0.29) is 11.7 Å². The van der Waals surface area contributed by atoms with Crippen LogP contribution in [0.3, 0.4) is 0 Å². The standard InChI is InChI=1S/C17H27NO3S/c1-4-13-7-9-14(10-8-13)15-16(22(19,20)6-3)17(15,11-18)12-21-5-2/h7-10,15-16H,4-6,11-12,18H2,1-3H3/t15-,16+,17+/m1/s1. The van der Waals surface area contributed by atoms with Gasteiger partial charge in [0.15, 0.2) is 9.84 Å². The van der Waals surface area contributed by atoms with Gasteiger partial charge in [-0.2, -0.15) is 0 Å². The van der Waals surface area contributed by atoms with Gasteiger partial charge in [-0.3, -0.25) is 0 Å². The molecule has 22 heavy (non-hydrogen) atoms. The van der Waals surface area contributed by atoms with Crippen LogP contribution in [0.4, 0.5) is 0 Å². The topological polar surface area (TPSA) is 69.4 Å². The molecular weight excluding hydrogens is 298 g/mol. The maximum atomic E-state index is 12.5. The van der Waals surface area contributed by atoms with Crippen LogP contribution < -0.4 is 5.73 Å². The molecule has 0 aliphatic heterocycles. The molecule has 0 aromatic heterocycles. The van der Waals surface area contributed by atoms with E-state index in [1.165, 1.54) is 5.56 Å². The molecule has 0 saturated heterocycles. The molecule has 1 aromatic carbocycles. The van der Waals surface area contributed by atoms with Crippen LogP contribution in [0.15, 0.2) is 24.3 Å². The first kappa shape index (κ1) is 17.4. The molecule has 3 atom stereocenters. The molecular formula is C17H27NO3S. The summed E-state index contributed by atoms with van der Waals surface area (Å²) in [6.45, 7) is 7.03. The summed E-state index contributed by atoms with van der Waals surface area (Å²) in [7, 11) is -3.15. The number of rotatable bonds is 8. The van der Waals surface area contributed by atoms with Crippen LogP contribution in [0.5, 0.6) is 0 Å². The Hall–Kier alpha value is -0.910. The van der Waals surface area contributed by atoms with Gasteiger partial charge in [0.05, 0.1) is 11.9 Å². The molecule has 2 N–H and O–H groups in total. The average molecular weight is 325 g/mol. The second-order valence-electron chi connectivity index (χ2n) is 6.02. The van der Waals surface area contributed by atoms with Crippen molar-refractivity contribution < 1.29 is 13.2 Å². The van der Waals surface area contributed by atoms with Gasteiger partial charge in [-0.05, 0) is 24.5 Å². The van der Waals surface area contributed by atoms with Gasteiger partial charge in [0.2, 0.25) is 0 Å². The molecule has 0 amide bonds. The Bertz CT molecular complexity index is 597. The van der Waals surface area contributed by atoms with Gasteiger partial charge in [0, 0.05) is 30.2 Å². The maximum absolute atomic E-state index is 12.5. The Morgan fingerprint density at radius 3 is 2.27 bits per heavy atom. The summed E-state index contributed by atoms with van der Waals surface area (Å²) in [6.07, 6.45) is 0.975. The zero-order chi connectivity index (χ0) is 16.4. The van der Waals surface area contributed by atoms with Crippen LogP contribution in [-0.2, 0) is 21.0 Å². The fourth-order valence-electron chi connectivity index (χ4n) is 3.43. The van der Waals surface area contributed by atoms with Crippen LogP contribution in [0.2, 0.25) is 0 Å². The van der Waals surface area contributed by atoms with Gasteiger partial charge in [0.1, 0.15) is 0 Å². The summed E-state index contributed by atoms with van der Waals surface area (Å²) in [5.74, 6) is 0.0923. The second-order valence-corrected chi connectivity index (χ2v) is 8.43. The molecule has 0 heterocycles. The lowest BCUT2D eigenvalue weighted by Crippen LogP contribution is -2.29. The van der Waals surface area contributed by atoms with E-state index in [4.69, 9.17) is 10.5 Å². The Balaban J connectivity index is 2.37. The Labute approximate surface area is 134 Å². The van der Waals surface area contributed by atoms with Crippen molar-refractivity contribution >= 4 is 9.84 Å². The summed E-state index contributed by atoms with van der Waals surface area (Å²) in [5.41, 5.74) is 7.83. The lowest BCUT2D eigenvalue weighted by Gasteiger charge is -2.15. The second kappa shape index (κ2) is 6.69. The minimum atomic E-state index is -3.15. The highest BCUT2D eigenvalue weighted by molar-refractivity contribution is 7.92. The lowest BCUT2D eigenvalue weighted by atomic mass is 9.99. The van der Waals surface area contributed by atoms with Gasteiger partial charge in [-0.15, -0.1) is 0 Å². The van der Waals surface area contributed by atoms with Crippen LogP contribution in [0.1, 0.15) is 37.8 Å². The molecule has 124 valence electrons. The monoisotopic (exact) mass is 325 g/mol. The van der Waals surface area contributed by atoms with Crippen LogP contribution in [0, 0.1) is 5.41 Å². The van der Waals surface area contributed by atoms with Crippen LogP contribution in [0.25, 0.3) is 0 Å². The smallest absolute Gasteiger partial charge is 0.154 e. The fourth-order valence-corrected chi connectivity index (χ4v) is 5.58. The molecule has 0 radical (unpaired) electrons. The minimum Gasteiger partial charge on any atom is -0.381 e. The van der Waals surface area contributed by atoms with Gasteiger partial charge >= 0.3 is 0 Å². The zero-order valence-electron chi connectivity index (χ0n) is 13.7. The lowest BCUT2D eigenvalue weighted by molar-refractivity contribution is 0.101. The molecule has 5 heteroatoms. The van der Waals surface area contributed by atoms with Crippen molar-refractivity contribution in [3.8, 4) is 0 Å². The largest absolute Gasteiger partial charge is 0.381 e. The first-order chi connectivity index (χ1) is 10.5. The molecule has 1 aromatic rings. The highest BCUT2D eigenvalue weighted by atomic mass is 32.2. The summed E-state index contributed by atoms with van der Waals surface area (Å²) >= 11 is 0. The minimum absolute atomic E-state index is 0.0556. The van der Waals surface area contributed by atoms with Gasteiger partial charge in [-0.1, -0.05) is 38.1 Å². The van der Waals surface area contributed by atoms with Crippen molar-refractivity contribution in [2.24, 2.45) is 11.1 Å². The van der Waals surface area contributed by atoms with Crippen LogP contribution >= 0.6 is 0 Å². The third-order valence-electron chi connectivity index (χ3n) is 4.87. The van der Waals surface area contributed by atoms with Crippen molar-refractivity contribution in [1.82, 2.24) is 0 Å². The van der Waals surface area contributed by atoms with E-state index < -0.39 is 20.5 Å². The molecule has 0 spiro atoms. The van der Waals surface area contributed by atoms with E-state index in [2.05, 4.69) is 19.1 Å². The van der Waals surface area contributed by atoms with E-state index in [9.17, 15) is 8.42 Å². The number of aryl methyl sites for hydroxylation is 1. The molecule has 1 aliphatic rings. The van der Waals surface area contributed by atoms with Crippen molar-refractivity contribution in [3.05, 3.63) is 35.4 Å². The van der Waals surface area contributed by atoms with Gasteiger partial charge in [0.25, 0.3) is 0 Å². The number of benzene rings is 1. The van der Waals surface area contributed by atoms with Crippen molar-refractivity contribution in [3.63, 3.8) is 0 Å². The predicted molar refractivity (Wildman–Crippen MR) is 89.8 cm³/mol. The van der Waals surface area contributed by atoms with E-state index in [1.54, 1.807) is 6.92 Å². The van der Waals surface area contributed by atoms with Gasteiger partial charge in [-0.25, -0.2) is 8.42 Å². The number of hydrogen-bond donors (Lipinski definition) is 1. The van der Waals surface area contributed by atoms with Crippen molar-refractivity contribution in [1.29, 1.82) is 0 Å². The van der Waals surface area contributed by atoms with E-state index in [0.717, 1.165) is 12.0 Å². The molecule has 1 aliphatic carbocycles. The molecule has 0 bridgehead atoms. The highest BCUT2D eigenvalue weighted by Gasteiger charge is 2.69. The number of ether oxygens (including phenoxy) is 1. The molecule has 4 nitrogen and oxygen atoms in total. The molecule has 1 saturated carbocycles. The molecule has 1 fully saturated rings.